The van der Waals surface area contributed by atoms with Gasteiger partial charge in [-0.2, -0.15) is 13.2 Å². The first-order chi connectivity index (χ1) is 12.0. The number of nitrogens with two attached hydrogens (primary N) is 1. The number of alkyl halides is 3. The smallest absolute Gasteiger partial charge is 0.397 e. The summed E-state index contributed by atoms with van der Waals surface area (Å²) in [7, 11) is 0. The van der Waals surface area contributed by atoms with Crippen molar-refractivity contribution in [3.05, 3.63) is 28.3 Å². The van der Waals surface area contributed by atoms with Gasteiger partial charge in [0, 0.05) is 20.3 Å². The molecule has 0 radical (unpaired) electrons. The Balaban J connectivity index is 3.22. The molecule has 3 nitrogen and oxygen atoms in total. The van der Waals surface area contributed by atoms with Crippen LogP contribution in [0.15, 0.2) is 12.1 Å². The predicted octanol–water partition coefficient (Wildman–Crippen LogP) is 3.75. The summed E-state index contributed by atoms with van der Waals surface area (Å²) in [6.07, 6.45) is -6.80. The van der Waals surface area contributed by atoms with Gasteiger partial charge in [0.15, 0.2) is 0 Å². The Hall–Kier alpha value is -0.980. The molecular weight excluding hydrogens is 305 g/mol. The van der Waals surface area contributed by atoms with Gasteiger partial charge in [-0.1, -0.05) is 18.5 Å². The molecule has 1 unspecified atom stereocenters. The van der Waals surface area contributed by atoms with Crippen molar-refractivity contribution >= 4 is 17.3 Å². The molecule has 4 N–H and O–H groups in total. The van der Waals surface area contributed by atoms with E-state index in [0.29, 0.717) is 6.07 Å². The number of nitrogens with one attached hydrogen (secondary N) is 1. The second kappa shape index (κ2) is 6.42. The Labute approximate surface area is 135 Å². The van der Waals surface area contributed by atoms with Crippen LogP contribution in [-0.2, 0) is 6.18 Å². The molecule has 120 valence electrons. The number of β-amino-alcohol motifs (C(OH)–C–C–N with tert-alkyl or cyclic N) is 1. The van der Waals surface area contributed by atoms with Crippen LogP contribution in [0.4, 0.5) is 18.9 Å². The summed E-state index contributed by atoms with van der Waals surface area (Å²) in [5.74, 6) is 0. The van der Waals surface area contributed by atoms with Crippen LogP contribution in [0.5, 0.6) is 0 Å². The normalized spacial score (nSPS) is 19.7. The summed E-state index contributed by atoms with van der Waals surface area (Å²) in [5.41, 5.74) is 0.735. The Kier molecular flexibility index (Phi) is 3.27. The van der Waals surface area contributed by atoms with Gasteiger partial charge in [0.25, 0.3) is 0 Å². The van der Waals surface area contributed by atoms with Crippen LogP contribution >= 0.6 is 11.6 Å². The van der Waals surface area contributed by atoms with Crippen LogP contribution in [0.2, 0.25) is 5.02 Å². The van der Waals surface area contributed by atoms with Crippen molar-refractivity contribution in [1.29, 1.82) is 0 Å². The minimum absolute atomic E-state index is 0.282. The SMILES string of the molecule is [2H]C([2H])([2H])C(CC)(NCC(O)c1cc(Cl)c(N)c(C(F)(F)F)c1)C([2H])([2H])[2H]. The number of halogens is 4. The van der Waals surface area contributed by atoms with Gasteiger partial charge in [-0.15, -0.1) is 0 Å². The first-order valence-corrected chi connectivity index (χ1v) is 6.45. The number of aliphatic hydroxyl groups excluding tert-OH is 1. The highest BCUT2D eigenvalue weighted by Crippen LogP contribution is 2.38. The molecule has 1 atom stereocenters. The summed E-state index contributed by atoms with van der Waals surface area (Å²) in [4.78, 5) is 0. The van der Waals surface area contributed by atoms with E-state index in [4.69, 9.17) is 25.6 Å². The van der Waals surface area contributed by atoms with Gasteiger partial charge in [0.2, 0.25) is 0 Å². The second-order valence-electron chi connectivity index (χ2n) is 4.62. The topological polar surface area (TPSA) is 58.3 Å². The first kappa shape index (κ1) is 10.7. The lowest BCUT2D eigenvalue weighted by Gasteiger charge is -2.26. The van der Waals surface area contributed by atoms with Crippen molar-refractivity contribution in [2.45, 2.75) is 44.9 Å². The fourth-order valence-corrected chi connectivity index (χ4v) is 1.81. The number of nitrogen functional groups attached to an aromatic ring is 1. The molecule has 0 aliphatic carbocycles. The highest BCUT2D eigenvalue weighted by atomic mass is 35.5. The molecule has 0 aromatic heterocycles. The van der Waals surface area contributed by atoms with Crippen LogP contribution in [-0.4, -0.2) is 17.2 Å². The molecule has 0 bridgehead atoms. The monoisotopic (exact) mass is 330 g/mol. The van der Waals surface area contributed by atoms with E-state index in [2.05, 4.69) is 5.32 Å². The largest absolute Gasteiger partial charge is 0.418 e. The van der Waals surface area contributed by atoms with E-state index in [0.717, 1.165) is 6.07 Å². The van der Waals surface area contributed by atoms with Crippen molar-refractivity contribution in [1.82, 2.24) is 5.32 Å². The Morgan fingerprint density at radius 1 is 1.43 bits per heavy atom. The molecule has 0 aliphatic rings. The van der Waals surface area contributed by atoms with Crippen LogP contribution in [0, 0.1) is 0 Å². The zero-order valence-electron chi connectivity index (χ0n) is 17.2. The molecule has 1 aromatic carbocycles. The molecule has 0 spiro atoms. The maximum absolute atomic E-state index is 13.0. The van der Waals surface area contributed by atoms with Crippen molar-refractivity contribution in [3.8, 4) is 0 Å². The van der Waals surface area contributed by atoms with E-state index in [9.17, 15) is 18.3 Å². The van der Waals surface area contributed by atoms with Gasteiger partial charge in [-0.3, -0.25) is 0 Å². The van der Waals surface area contributed by atoms with E-state index in [1.807, 2.05) is 0 Å². The molecule has 0 amide bonds. The lowest BCUT2D eigenvalue weighted by atomic mass is 10.00. The second-order valence-corrected chi connectivity index (χ2v) is 5.02. The van der Waals surface area contributed by atoms with Crippen molar-refractivity contribution in [3.63, 3.8) is 0 Å². The standard InChI is InChI=1S/C14H20ClF3N2O/c1-4-13(2,3)20-7-11(21)8-5-9(14(16,17)18)12(19)10(15)6-8/h5-6,11,20-21H,4,7,19H2,1-3H3/i2D3,3D3. The summed E-state index contributed by atoms with van der Waals surface area (Å²) in [6, 6.07) is 1.60. The first-order valence-electron chi connectivity index (χ1n) is 9.07. The number of hydrogen-bond donors (Lipinski definition) is 3. The van der Waals surface area contributed by atoms with Crippen molar-refractivity contribution in [2.75, 3.05) is 12.3 Å². The van der Waals surface area contributed by atoms with E-state index >= 15 is 0 Å². The minimum atomic E-state index is -4.82. The van der Waals surface area contributed by atoms with Crippen molar-refractivity contribution < 1.29 is 26.5 Å². The number of aliphatic hydroxyl groups is 1. The van der Waals surface area contributed by atoms with Gasteiger partial charge in [-0.25, -0.2) is 0 Å². The number of rotatable bonds is 5. The zero-order valence-corrected chi connectivity index (χ0v) is 11.9. The minimum Gasteiger partial charge on any atom is -0.397 e. The van der Waals surface area contributed by atoms with Crippen LogP contribution < -0.4 is 11.1 Å². The molecule has 1 rings (SSSR count). The highest BCUT2D eigenvalue weighted by Gasteiger charge is 2.34. The van der Waals surface area contributed by atoms with E-state index < -0.39 is 54.3 Å². The third kappa shape index (κ3) is 4.76. The molecule has 0 saturated carbocycles. The lowest BCUT2D eigenvalue weighted by molar-refractivity contribution is -0.137. The average molecular weight is 331 g/mol. The fourth-order valence-electron chi connectivity index (χ4n) is 1.58. The van der Waals surface area contributed by atoms with E-state index in [-0.39, 0.29) is 12.0 Å². The van der Waals surface area contributed by atoms with Gasteiger partial charge < -0.3 is 16.2 Å². The number of benzene rings is 1. The van der Waals surface area contributed by atoms with Crippen molar-refractivity contribution in [2.24, 2.45) is 0 Å². The Morgan fingerprint density at radius 3 is 2.52 bits per heavy atom. The Bertz CT molecular complexity index is 665. The molecule has 0 fully saturated rings. The summed E-state index contributed by atoms with van der Waals surface area (Å²) < 4.78 is 84.5. The highest BCUT2D eigenvalue weighted by molar-refractivity contribution is 6.33. The molecule has 0 saturated heterocycles. The average Bonchev–Trinajstić information content (AvgIpc) is 2.46. The lowest BCUT2D eigenvalue weighted by Crippen LogP contribution is -2.40. The van der Waals surface area contributed by atoms with Gasteiger partial charge in [-0.05, 0) is 37.8 Å². The maximum Gasteiger partial charge on any atom is 0.418 e. The number of hydrogen-bond acceptors (Lipinski definition) is 3. The molecular formula is C14H20ClF3N2O. The molecule has 1 aromatic rings. The third-order valence-corrected chi connectivity index (χ3v) is 3.28. The summed E-state index contributed by atoms with van der Waals surface area (Å²) in [6.45, 7) is -5.19. The van der Waals surface area contributed by atoms with Gasteiger partial charge >= 0.3 is 6.18 Å². The van der Waals surface area contributed by atoms with E-state index in [1.54, 1.807) is 0 Å². The van der Waals surface area contributed by atoms with E-state index in [1.165, 1.54) is 6.92 Å². The van der Waals surface area contributed by atoms with Crippen LogP contribution in [0.3, 0.4) is 0 Å². The molecule has 0 heterocycles. The predicted molar refractivity (Wildman–Crippen MR) is 78.2 cm³/mol. The third-order valence-electron chi connectivity index (χ3n) is 2.97. The molecule has 0 aliphatic heterocycles. The van der Waals surface area contributed by atoms with Gasteiger partial charge in [0.05, 0.1) is 22.4 Å². The zero-order chi connectivity index (χ0) is 21.4. The van der Waals surface area contributed by atoms with Crippen LogP contribution in [0.1, 0.15) is 52.5 Å². The Morgan fingerprint density at radius 2 is 2.05 bits per heavy atom. The molecule has 7 heteroatoms. The fraction of sp³-hybridized carbons (Fsp3) is 0.571. The maximum atomic E-state index is 13.0. The van der Waals surface area contributed by atoms with Crippen LogP contribution in [0.25, 0.3) is 0 Å². The quantitative estimate of drug-likeness (QED) is 0.721. The number of anilines is 1. The summed E-state index contributed by atoms with van der Waals surface area (Å²) >= 11 is 5.70. The molecule has 21 heavy (non-hydrogen) atoms. The van der Waals surface area contributed by atoms with Gasteiger partial charge in [0.1, 0.15) is 0 Å². The summed E-state index contributed by atoms with van der Waals surface area (Å²) in [5, 5.41) is 12.1.